The molecule has 0 radical (unpaired) electrons. The summed E-state index contributed by atoms with van der Waals surface area (Å²) >= 11 is 2.84. The monoisotopic (exact) mass is 448 g/mol. The summed E-state index contributed by atoms with van der Waals surface area (Å²) in [5, 5.41) is 9.40. The lowest BCUT2D eigenvalue weighted by molar-refractivity contribution is -0.141. The smallest absolute Gasteiger partial charge is 0.416 e. The Balaban J connectivity index is 2.90. The van der Waals surface area contributed by atoms with Gasteiger partial charge in [0.15, 0.2) is 0 Å². The van der Waals surface area contributed by atoms with Crippen LogP contribution in [0.3, 0.4) is 0 Å². The average molecular weight is 449 g/mol. The van der Waals surface area contributed by atoms with Crippen molar-refractivity contribution in [2.75, 3.05) is 6.61 Å². The van der Waals surface area contributed by atoms with Crippen LogP contribution in [0.2, 0.25) is 0 Å². The quantitative estimate of drug-likeness (QED) is 0.551. The molecule has 0 saturated heterocycles. The van der Waals surface area contributed by atoms with E-state index in [1.165, 1.54) is 13.8 Å². The first-order valence-electron chi connectivity index (χ1n) is 7.55. The van der Waals surface area contributed by atoms with Gasteiger partial charge in [-0.2, -0.15) is 18.4 Å². The first-order valence-corrected chi connectivity index (χ1v) is 8.34. The maximum Gasteiger partial charge on any atom is 0.416 e. The van der Waals surface area contributed by atoms with Crippen LogP contribution in [0.4, 0.5) is 17.6 Å². The number of halogens is 5. The van der Waals surface area contributed by atoms with Gasteiger partial charge in [0.1, 0.15) is 23.2 Å². The summed E-state index contributed by atoms with van der Waals surface area (Å²) in [5.74, 6) is -4.74. The SMILES string of the molecule is CCOC(=O)C1=C(C)OC(N)=C(C#N)C1c1c(C(F)(F)F)ccc(Br)c1F. The highest BCUT2D eigenvalue weighted by Crippen LogP contribution is 2.46. The van der Waals surface area contributed by atoms with Crippen molar-refractivity contribution in [3.8, 4) is 6.07 Å². The maximum atomic E-state index is 14.8. The third-order valence-corrected chi connectivity index (χ3v) is 4.44. The predicted octanol–water partition coefficient (Wildman–Crippen LogP) is 4.25. The van der Waals surface area contributed by atoms with E-state index in [0.717, 1.165) is 6.07 Å². The molecule has 1 heterocycles. The lowest BCUT2D eigenvalue weighted by atomic mass is 9.80. The highest BCUT2D eigenvalue weighted by atomic mass is 79.9. The Morgan fingerprint density at radius 2 is 2.07 bits per heavy atom. The third-order valence-electron chi connectivity index (χ3n) is 3.83. The number of rotatable bonds is 3. The van der Waals surface area contributed by atoms with Gasteiger partial charge in [-0.25, -0.2) is 9.18 Å². The Hall–Kier alpha value is -2.54. The topological polar surface area (TPSA) is 85.3 Å². The molecule has 0 saturated carbocycles. The van der Waals surface area contributed by atoms with Crippen LogP contribution < -0.4 is 5.73 Å². The van der Waals surface area contributed by atoms with E-state index in [1.54, 1.807) is 6.07 Å². The van der Waals surface area contributed by atoms with Crippen molar-refractivity contribution in [2.24, 2.45) is 5.73 Å². The summed E-state index contributed by atoms with van der Waals surface area (Å²) in [4.78, 5) is 12.4. The first-order chi connectivity index (χ1) is 12.5. The molecule has 0 aliphatic carbocycles. The minimum Gasteiger partial charge on any atom is -0.463 e. The van der Waals surface area contributed by atoms with E-state index in [4.69, 9.17) is 15.2 Å². The van der Waals surface area contributed by atoms with Gasteiger partial charge in [0.2, 0.25) is 5.88 Å². The molecule has 0 amide bonds. The molecule has 0 spiro atoms. The average Bonchev–Trinajstić information content (AvgIpc) is 2.55. The summed E-state index contributed by atoms with van der Waals surface area (Å²) < 4.78 is 65.2. The number of nitrogens with two attached hydrogens (primary N) is 1. The molecule has 1 aliphatic rings. The number of hydrogen-bond donors (Lipinski definition) is 1. The second-order valence-electron chi connectivity index (χ2n) is 5.44. The lowest BCUT2D eigenvalue weighted by Crippen LogP contribution is -2.28. The van der Waals surface area contributed by atoms with E-state index in [-0.39, 0.29) is 16.8 Å². The molecule has 1 aromatic rings. The molecule has 1 unspecified atom stereocenters. The van der Waals surface area contributed by atoms with Crippen LogP contribution in [-0.4, -0.2) is 12.6 Å². The van der Waals surface area contributed by atoms with Crippen LogP contribution in [0.15, 0.2) is 39.4 Å². The van der Waals surface area contributed by atoms with Crippen LogP contribution in [-0.2, 0) is 20.4 Å². The minimum atomic E-state index is -4.95. The van der Waals surface area contributed by atoms with Gasteiger partial charge in [0.25, 0.3) is 0 Å². The van der Waals surface area contributed by atoms with Crippen molar-refractivity contribution < 1.29 is 31.8 Å². The molecule has 5 nitrogen and oxygen atoms in total. The number of esters is 1. The Morgan fingerprint density at radius 3 is 2.59 bits per heavy atom. The van der Waals surface area contributed by atoms with Crippen LogP contribution in [0.5, 0.6) is 0 Å². The zero-order chi connectivity index (χ0) is 20.5. The molecule has 144 valence electrons. The summed E-state index contributed by atoms with van der Waals surface area (Å²) in [7, 11) is 0. The molecule has 10 heteroatoms. The molecule has 27 heavy (non-hydrogen) atoms. The molecular formula is C17H13BrF4N2O3. The van der Waals surface area contributed by atoms with E-state index >= 15 is 0 Å². The summed E-state index contributed by atoms with van der Waals surface area (Å²) in [6, 6.07) is 3.16. The Bertz CT molecular complexity index is 901. The number of nitriles is 1. The third kappa shape index (κ3) is 3.78. The van der Waals surface area contributed by atoms with Gasteiger partial charge in [-0.05, 0) is 41.9 Å². The zero-order valence-electron chi connectivity index (χ0n) is 14.1. The lowest BCUT2D eigenvalue weighted by Gasteiger charge is -2.29. The van der Waals surface area contributed by atoms with Crippen LogP contribution >= 0.6 is 15.9 Å². The van der Waals surface area contributed by atoms with Gasteiger partial charge in [-0.15, -0.1) is 0 Å². The highest BCUT2D eigenvalue weighted by Gasteiger charge is 2.44. The number of ether oxygens (including phenoxy) is 2. The van der Waals surface area contributed by atoms with E-state index in [1.807, 2.05) is 0 Å². The van der Waals surface area contributed by atoms with Gasteiger partial charge in [0, 0.05) is 5.56 Å². The number of nitrogens with zero attached hydrogens (tertiary/aromatic N) is 1. The summed E-state index contributed by atoms with van der Waals surface area (Å²) in [5.41, 5.74) is 2.42. The maximum absolute atomic E-state index is 14.8. The zero-order valence-corrected chi connectivity index (χ0v) is 15.7. The standard InChI is InChI=1S/C17H13BrF4N2O3/c1-3-26-16(25)11-7(2)27-15(24)8(6-23)12(11)13-9(17(20,21)22)4-5-10(18)14(13)19/h4-5,12H,3,24H2,1-2H3. The Labute approximate surface area is 160 Å². The van der Waals surface area contributed by atoms with Crippen molar-refractivity contribution in [1.82, 2.24) is 0 Å². The first kappa shape index (κ1) is 20.8. The molecule has 2 rings (SSSR count). The van der Waals surface area contributed by atoms with E-state index in [2.05, 4.69) is 15.9 Å². The Morgan fingerprint density at radius 1 is 1.44 bits per heavy atom. The number of hydrogen-bond acceptors (Lipinski definition) is 5. The molecule has 0 bridgehead atoms. The number of carbonyl (C=O) groups excluding carboxylic acids is 1. The number of alkyl halides is 3. The van der Waals surface area contributed by atoms with E-state index in [0.29, 0.717) is 6.07 Å². The number of carbonyl (C=O) groups is 1. The molecule has 2 N–H and O–H groups in total. The van der Waals surface area contributed by atoms with Gasteiger partial charge in [0.05, 0.1) is 28.1 Å². The van der Waals surface area contributed by atoms with Crippen molar-refractivity contribution >= 4 is 21.9 Å². The normalized spacial score (nSPS) is 17.5. The van der Waals surface area contributed by atoms with Gasteiger partial charge < -0.3 is 15.2 Å². The van der Waals surface area contributed by atoms with Gasteiger partial charge in [-0.3, -0.25) is 0 Å². The van der Waals surface area contributed by atoms with Crippen molar-refractivity contribution in [3.63, 3.8) is 0 Å². The van der Waals surface area contributed by atoms with Crippen LogP contribution in [0, 0.1) is 17.1 Å². The summed E-state index contributed by atoms with van der Waals surface area (Å²) in [6.45, 7) is 2.67. The second-order valence-corrected chi connectivity index (χ2v) is 6.29. The second kappa shape index (κ2) is 7.60. The van der Waals surface area contributed by atoms with Gasteiger partial charge in [-0.1, -0.05) is 0 Å². The fourth-order valence-electron chi connectivity index (χ4n) is 2.74. The van der Waals surface area contributed by atoms with E-state index in [9.17, 15) is 27.6 Å². The molecular weight excluding hydrogens is 436 g/mol. The number of benzene rings is 1. The van der Waals surface area contributed by atoms with E-state index < -0.39 is 52.0 Å². The van der Waals surface area contributed by atoms with Crippen molar-refractivity contribution in [3.05, 3.63) is 56.3 Å². The number of allylic oxidation sites excluding steroid dienone is 2. The van der Waals surface area contributed by atoms with Crippen LogP contribution in [0.25, 0.3) is 0 Å². The summed E-state index contributed by atoms with van der Waals surface area (Å²) in [6.07, 6.45) is -4.95. The minimum absolute atomic E-state index is 0.0868. The molecule has 1 atom stereocenters. The highest BCUT2D eigenvalue weighted by molar-refractivity contribution is 9.10. The van der Waals surface area contributed by atoms with Crippen LogP contribution in [0.1, 0.15) is 30.9 Å². The fourth-order valence-corrected chi connectivity index (χ4v) is 3.08. The largest absolute Gasteiger partial charge is 0.463 e. The molecule has 0 aromatic heterocycles. The van der Waals surface area contributed by atoms with Crippen molar-refractivity contribution in [2.45, 2.75) is 25.9 Å². The van der Waals surface area contributed by atoms with Gasteiger partial charge >= 0.3 is 12.1 Å². The molecule has 1 aromatic carbocycles. The Kier molecular flexibility index (Phi) is 5.85. The van der Waals surface area contributed by atoms with Crippen molar-refractivity contribution in [1.29, 1.82) is 5.26 Å². The molecule has 1 aliphatic heterocycles. The predicted molar refractivity (Wildman–Crippen MR) is 89.1 cm³/mol. The molecule has 0 fully saturated rings. The fraction of sp³-hybridized carbons (Fsp3) is 0.294.